The minimum Gasteiger partial charge on any atom is -0.370 e. The van der Waals surface area contributed by atoms with E-state index in [1.807, 2.05) is 0 Å². The van der Waals surface area contributed by atoms with Crippen molar-refractivity contribution in [2.45, 2.75) is 65.2 Å². The third-order valence-corrected chi connectivity index (χ3v) is 3.61. The maximum Gasteiger partial charge on any atom is 0.277 e. The predicted octanol–water partition coefficient (Wildman–Crippen LogP) is 4.85. The van der Waals surface area contributed by atoms with E-state index in [0.29, 0.717) is 11.4 Å². The van der Waals surface area contributed by atoms with Crippen molar-refractivity contribution in [1.29, 1.82) is 0 Å². The lowest BCUT2D eigenvalue weighted by Crippen LogP contribution is -2.04. The average Bonchev–Trinajstić information content (AvgIpc) is 2.47. The van der Waals surface area contributed by atoms with Gasteiger partial charge in [-0.2, -0.15) is 0 Å². The number of unbranched alkanes of at least 4 members (excludes halogenated alkanes) is 7. The van der Waals surface area contributed by atoms with Gasteiger partial charge in [0.05, 0.1) is 11.0 Å². The van der Waals surface area contributed by atoms with E-state index in [9.17, 15) is 10.1 Å². The Morgan fingerprint density at radius 1 is 1.14 bits per heavy atom. The van der Waals surface area contributed by atoms with Crippen LogP contribution in [0.15, 0.2) is 12.3 Å². The summed E-state index contributed by atoms with van der Waals surface area (Å²) in [6, 6.07) is 1.51. The highest BCUT2D eigenvalue weighted by atomic mass is 16.6. The van der Waals surface area contributed by atoms with E-state index < -0.39 is 0 Å². The summed E-state index contributed by atoms with van der Waals surface area (Å²) < 4.78 is 0. The zero-order chi connectivity index (χ0) is 15.5. The Morgan fingerprint density at radius 3 is 2.38 bits per heavy atom. The van der Waals surface area contributed by atoms with Gasteiger partial charge in [0.1, 0.15) is 5.82 Å². The molecule has 1 heterocycles. The van der Waals surface area contributed by atoms with Crippen LogP contribution in [-0.2, 0) is 0 Å². The van der Waals surface area contributed by atoms with Crippen LogP contribution in [0.25, 0.3) is 0 Å². The topological polar surface area (TPSA) is 68.1 Å². The second kappa shape index (κ2) is 10.1. The van der Waals surface area contributed by atoms with Crippen molar-refractivity contribution in [3.63, 3.8) is 0 Å². The first-order valence-corrected chi connectivity index (χ1v) is 8.00. The second-order valence-corrected chi connectivity index (χ2v) is 5.51. The highest BCUT2D eigenvalue weighted by Crippen LogP contribution is 2.19. The second-order valence-electron chi connectivity index (χ2n) is 5.51. The highest BCUT2D eigenvalue weighted by Gasteiger charge is 2.11. The minimum absolute atomic E-state index is 0.128. The number of hydrogen-bond acceptors (Lipinski definition) is 4. The summed E-state index contributed by atoms with van der Waals surface area (Å²) in [5.41, 5.74) is 0.723. The molecule has 5 heteroatoms. The monoisotopic (exact) mass is 293 g/mol. The van der Waals surface area contributed by atoms with Crippen LogP contribution in [0, 0.1) is 17.0 Å². The van der Waals surface area contributed by atoms with Crippen LogP contribution in [0.4, 0.5) is 11.5 Å². The van der Waals surface area contributed by atoms with Crippen LogP contribution >= 0.6 is 0 Å². The van der Waals surface area contributed by atoms with Crippen LogP contribution in [0.3, 0.4) is 0 Å². The number of rotatable bonds is 11. The molecular formula is C16H27N3O2. The number of aryl methyl sites for hydroxylation is 1. The number of aromatic nitrogens is 1. The summed E-state index contributed by atoms with van der Waals surface area (Å²) in [6.45, 7) is 4.75. The fourth-order valence-electron chi connectivity index (χ4n) is 2.28. The fraction of sp³-hybridized carbons (Fsp3) is 0.688. The Balaban J connectivity index is 2.16. The summed E-state index contributed by atoms with van der Waals surface area (Å²) in [5.74, 6) is 0.593. The first-order valence-electron chi connectivity index (χ1n) is 8.00. The lowest BCUT2D eigenvalue weighted by molar-refractivity contribution is -0.385. The number of nitrogens with zero attached hydrogens (tertiary/aromatic N) is 2. The lowest BCUT2D eigenvalue weighted by Gasteiger charge is -2.06. The molecule has 0 aliphatic heterocycles. The van der Waals surface area contributed by atoms with Gasteiger partial charge in [0.15, 0.2) is 0 Å². The lowest BCUT2D eigenvalue weighted by atomic mass is 10.1. The first-order chi connectivity index (χ1) is 10.1. The Kier molecular flexibility index (Phi) is 8.40. The summed E-state index contributed by atoms with van der Waals surface area (Å²) in [4.78, 5) is 14.7. The molecule has 118 valence electrons. The van der Waals surface area contributed by atoms with Crippen molar-refractivity contribution >= 4 is 11.5 Å². The number of nitrogens with one attached hydrogen (secondary N) is 1. The van der Waals surface area contributed by atoms with Gasteiger partial charge in [-0.05, 0) is 13.3 Å². The van der Waals surface area contributed by atoms with Gasteiger partial charge < -0.3 is 5.32 Å². The summed E-state index contributed by atoms with van der Waals surface area (Å²) >= 11 is 0. The van der Waals surface area contributed by atoms with Crippen LogP contribution in [0.5, 0.6) is 0 Å². The van der Waals surface area contributed by atoms with Gasteiger partial charge in [0.25, 0.3) is 5.69 Å². The molecule has 1 aromatic rings. The van der Waals surface area contributed by atoms with E-state index in [1.54, 1.807) is 13.1 Å². The zero-order valence-corrected chi connectivity index (χ0v) is 13.2. The van der Waals surface area contributed by atoms with Crippen molar-refractivity contribution in [3.05, 3.63) is 27.9 Å². The molecule has 1 aromatic heterocycles. The molecule has 1 rings (SSSR count). The Labute approximate surface area is 127 Å². The normalized spacial score (nSPS) is 10.6. The summed E-state index contributed by atoms with van der Waals surface area (Å²) in [7, 11) is 0. The molecule has 0 spiro atoms. The fourth-order valence-corrected chi connectivity index (χ4v) is 2.28. The van der Waals surface area contributed by atoms with Crippen molar-refractivity contribution in [3.8, 4) is 0 Å². The first kappa shape index (κ1) is 17.4. The number of anilines is 1. The molecule has 0 fully saturated rings. The molecule has 0 saturated carbocycles. The van der Waals surface area contributed by atoms with Gasteiger partial charge in [0, 0.05) is 18.3 Å². The van der Waals surface area contributed by atoms with Crippen LogP contribution in [-0.4, -0.2) is 16.5 Å². The van der Waals surface area contributed by atoms with Crippen molar-refractivity contribution in [1.82, 2.24) is 4.98 Å². The van der Waals surface area contributed by atoms with Crippen LogP contribution in [0.2, 0.25) is 0 Å². The van der Waals surface area contributed by atoms with E-state index in [-0.39, 0.29) is 10.6 Å². The van der Waals surface area contributed by atoms with Gasteiger partial charge in [-0.1, -0.05) is 51.9 Å². The number of pyridine rings is 1. The molecule has 0 bridgehead atoms. The Morgan fingerprint density at radius 2 is 1.76 bits per heavy atom. The van der Waals surface area contributed by atoms with Gasteiger partial charge in [-0.15, -0.1) is 0 Å². The molecule has 0 amide bonds. The molecule has 0 atom stereocenters. The van der Waals surface area contributed by atoms with Gasteiger partial charge >= 0.3 is 0 Å². The van der Waals surface area contributed by atoms with Crippen molar-refractivity contribution in [2.75, 3.05) is 11.9 Å². The summed E-state index contributed by atoms with van der Waals surface area (Å²) in [5, 5.41) is 14.0. The van der Waals surface area contributed by atoms with Crippen molar-refractivity contribution in [2.24, 2.45) is 0 Å². The Bertz CT molecular complexity index is 436. The van der Waals surface area contributed by atoms with Crippen LogP contribution in [0.1, 0.15) is 63.9 Å². The molecule has 0 unspecified atom stereocenters. The largest absolute Gasteiger partial charge is 0.370 e. The van der Waals surface area contributed by atoms with Crippen LogP contribution < -0.4 is 5.32 Å². The van der Waals surface area contributed by atoms with E-state index in [4.69, 9.17) is 0 Å². The standard InChI is InChI=1S/C16H27N3O2/c1-3-4-5-6-7-8-9-10-11-17-16-12-15(19(20)21)14(2)13-18-16/h12-13H,3-11H2,1-2H3,(H,17,18). The molecular weight excluding hydrogens is 266 g/mol. The average molecular weight is 293 g/mol. The van der Waals surface area contributed by atoms with Gasteiger partial charge in [-0.25, -0.2) is 4.98 Å². The predicted molar refractivity (Wildman–Crippen MR) is 86.7 cm³/mol. The third-order valence-electron chi connectivity index (χ3n) is 3.61. The van der Waals surface area contributed by atoms with Gasteiger partial charge in [-0.3, -0.25) is 10.1 Å². The Hall–Kier alpha value is -1.65. The van der Waals surface area contributed by atoms with E-state index in [1.165, 1.54) is 51.0 Å². The van der Waals surface area contributed by atoms with E-state index >= 15 is 0 Å². The molecule has 0 aromatic carbocycles. The van der Waals surface area contributed by atoms with Gasteiger partial charge in [0.2, 0.25) is 0 Å². The molecule has 0 aliphatic carbocycles. The van der Waals surface area contributed by atoms with E-state index in [2.05, 4.69) is 17.2 Å². The maximum atomic E-state index is 10.8. The smallest absolute Gasteiger partial charge is 0.277 e. The molecule has 21 heavy (non-hydrogen) atoms. The molecule has 0 radical (unpaired) electrons. The molecule has 5 nitrogen and oxygen atoms in total. The quantitative estimate of drug-likeness (QED) is 0.360. The van der Waals surface area contributed by atoms with Crippen molar-refractivity contribution < 1.29 is 4.92 Å². The number of nitro groups is 1. The highest BCUT2D eigenvalue weighted by molar-refractivity contribution is 5.48. The molecule has 0 aliphatic rings. The zero-order valence-electron chi connectivity index (χ0n) is 13.2. The maximum absolute atomic E-state index is 10.8. The molecule has 0 saturated heterocycles. The molecule has 1 N–H and O–H groups in total. The third kappa shape index (κ3) is 7.06. The minimum atomic E-state index is -0.363. The number of hydrogen-bond donors (Lipinski definition) is 1. The summed E-state index contributed by atoms with van der Waals surface area (Å²) in [6.07, 6.45) is 11.7. The van der Waals surface area contributed by atoms with E-state index in [0.717, 1.165) is 13.0 Å². The SMILES string of the molecule is CCCCCCCCCCNc1cc([N+](=O)[O-])c(C)cn1.